The van der Waals surface area contributed by atoms with Gasteiger partial charge in [0.2, 0.25) is 0 Å². The smallest absolute Gasteiger partial charge is 0.282 e. The molecule has 1 N–H and O–H groups in total. The molecule has 0 amide bonds. The number of fused-ring (bicyclic) bond motifs is 1. The van der Waals surface area contributed by atoms with E-state index < -0.39 is 0 Å². The zero-order valence-electron chi connectivity index (χ0n) is 21.8. The minimum absolute atomic E-state index is 0.216. The number of aromatic amines is 1. The molecule has 7 nitrogen and oxygen atoms in total. The van der Waals surface area contributed by atoms with E-state index in [0.717, 1.165) is 54.0 Å². The molecule has 5 aromatic rings. The first-order valence-corrected chi connectivity index (χ1v) is 13.2. The summed E-state index contributed by atoms with van der Waals surface area (Å²) in [6.07, 6.45) is 9.32. The third-order valence-electron chi connectivity index (χ3n) is 7.13. The average Bonchev–Trinajstić information content (AvgIpc) is 3.37. The number of terminal acetylenes is 1. The third kappa shape index (κ3) is 4.62. The normalized spacial score (nSPS) is 13.7. The van der Waals surface area contributed by atoms with Gasteiger partial charge in [-0.05, 0) is 49.4 Å². The molecule has 0 atom stereocenters. The Hall–Kier alpha value is -4.96. The average molecular weight is 513 g/mol. The molecule has 0 aliphatic carbocycles. The second kappa shape index (κ2) is 10.4. The maximum atomic E-state index is 14.0. The number of aromatic nitrogens is 3. The van der Waals surface area contributed by atoms with Gasteiger partial charge >= 0.3 is 0 Å². The first kappa shape index (κ1) is 24.4. The molecule has 0 bridgehead atoms. The van der Waals surface area contributed by atoms with Crippen molar-refractivity contribution < 1.29 is 0 Å². The lowest BCUT2D eigenvalue weighted by atomic mass is 10.0. The molecule has 6 rings (SSSR count). The number of benzene rings is 3. The van der Waals surface area contributed by atoms with Crippen molar-refractivity contribution in [3.8, 4) is 45.9 Å². The highest BCUT2D eigenvalue weighted by atomic mass is 16.1. The second-order valence-corrected chi connectivity index (χ2v) is 9.73. The molecular weight excluding hydrogens is 484 g/mol. The molecule has 2 aromatic heterocycles. The van der Waals surface area contributed by atoms with Crippen molar-refractivity contribution in [2.75, 3.05) is 13.1 Å². The van der Waals surface area contributed by atoms with Gasteiger partial charge in [-0.15, -0.1) is 11.5 Å². The standard InChI is InChI=1S/C32H28N6O/c1-3-23-21-26(17-18-27(23)34-36-37-19-11-6-12-20-37)28-22(2)33-31-29(24-13-7-4-8-14-24)30(35-38(31)32(28)39)25-15-9-5-10-16-25/h1,4-5,7-10,13-18,21,33H,6,11-12,19-20H2,2H3. The Morgan fingerprint density at radius 2 is 1.56 bits per heavy atom. The Bertz CT molecular complexity index is 1770. The van der Waals surface area contributed by atoms with Crippen LogP contribution >= 0.6 is 0 Å². The lowest BCUT2D eigenvalue weighted by Gasteiger charge is -2.21. The summed E-state index contributed by atoms with van der Waals surface area (Å²) in [4.78, 5) is 17.5. The van der Waals surface area contributed by atoms with Gasteiger partial charge < -0.3 is 4.98 Å². The first-order chi connectivity index (χ1) is 19.1. The lowest BCUT2D eigenvalue weighted by Crippen LogP contribution is -2.23. The maximum Gasteiger partial charge on any atom is 0.282 e. The van der Waals surface area contributed by atoms with Crippen molar-refractivity contribution in [2.45, 2.75) is 26.2 Å². The summed E-state index contributed by atoms with van der Waals surface area (Å²) >= 11 is 0. The molecule has 0 saturated carbocycles. The van der Waals surface area contributed by atoms with Gasteiger partial charge in [-0.25, -0.2) is 0 Å². The van der Waals surface area contributed by atoms with Crippen LogP contribution in [0.2, 0.25) is 0 Å². The molecule has 39 heavy (non-hydrogen) atoms. The van der Waals surface area contributed by atoms with Gasteiger partial charge in [0, 0.05) is 24.3 Å². The summed E-state index contributed by atoms with van der Waals surface area (Å²) in [5, 5.41) is 15.6. The van der Waals surface area contributed by atoms with Crippen LogP contribution in [0.15, 0.2) is 94.0 Å². The van der Waals surface area contributed by atoms with E-state index in [1.54, 1.807) is 0 Å². The Balaban J connectivity index is 1.48. The molecule has 1 aliphatic rings. The monoisotopic (exact) mass is 512 g/mol. The first-order valence-electron chi connectivity index (χ1n) is 13.2. The Morgan fingerprint density at radius 1 is 0.872 bits per heavy atom. The second-order valence-electron chi connectivity index (χ2n) is 9.73. The van der Waals surface area contributed by atoms with Gasteiger partial charge in [-0.3, -0.25) is 9.80 Å². The SMILES string of the molecule is C#Cc1cc(-c2c(C)[nH]c3c(-c4ccccc4)c(-c4ccccc4)nn3c2=O)ccc1N=NN1CCCCC1. The summed E-state index contributed by atoms with van der Waals surface area (Å²) in [5.74, 6) is 2.72. The van der Waals surface area contributed by atoms with Crippen LogP contribution in [0.25, 0.3) is 39.2 Å². The molecule has 0 spiro atoms. The fraction of sp³-hybridized carbons (Fsp3) is 0.188. The highest BCUT2D eigenvalue weighted by Gasteiger charge is 2.22. The highest BCUT2D eigenvalue weighted by molar-refractivity contribution is 5.91. The summed E-state index contributed by atoms with van der Waals surface area (Å²) in [6.45, 7) is 3.71. The minimum atomic E-state index is -0.216. The lowest BCUT2D eigenvalue weighted by molar-refractivity contribution is 0.224. The number of H-pyrrole nitrogens is 1. The van der Waals surface area contributed by atoms with E-state index in [-0.39, 0.29) is 5.56 Å². The number of hydrogen-bond donors (Lipinski definition) is 1. The Morgan fingerprint density at radius 3 is 2.26 bits per heavy atom. The van der Waals surface area contributed by atoms with Gasteiger partial charge in [0.1, 0.15) is 17.0 Å². The summed E-state index contributed by atoms with van der Waals surface area (Å²) in [5.41, 5.74) is 7.12. The molecule has 1 saturated heterocycles. The van der Waals surface area contributed by atoms with E-state index in [1.807, 2.05) is 90.8 Å². The molecule has 7 heteroatoms. The van der Waals surface area contributed by atoms with Crippen LogP contribution < -0.4 is 5.56 Å². The zero-order chi connectivity index (χ0) is 26.8. The number of hydrogen-bond acceptors (Lipinski definition) is 4. The van der Waals surface area contributed by atoms with E-state index in [4.69, 9.17) is 11.5 Å². The van der Waals surface area contributed by atoms with E-state index in [9.17, 15) is 4.79 Å². The molecule has 3 heterocycles. The summed E-state index contributed by atoms with van der Waals surface area (Å²) in [6, 6.07) is 25.4. The predicted octanol–water partition coefficient (Wildman–Crippen LogP) is 6.80. The van der Waals surface area contributed by atoms with Crippen LogP contribution in [-0.4, -0.2) is 32.7 Å². The van der Waals surface area contributed by atoms with Gasteiger partial charge in [0.15, 0.2) is 0 Å². The van der Waals surface area contributed by atoms with Crippen LogP contribution in [0.4, 0.5) is 5.69 Å². The molecule has 1 fully saturated rings. The highest BCUT2D eigenvalue weighted by Crippen LogP contribution is 2.35. The molecule has 1 aliphatic heterocycles. The van der Waals surface area contributed by atoms with Crippen molar-refractivity contribution in [3.05, 3.63) is 100 Å². The van der Waals surface area contributed by atoms with E-state index in [1.165, 1.54) is 10.9 Å². The zero-order valence-corrected chi connectivity index (χ0v) is 21.8. The van der Waals surface area contributed by atoms with Crippen molar-refractivity contribution >= 4 is 11.3 Å². The Labute approximate surface area is 226 Å². The van der Waals surface area contributed by atoms with Crippen LogP contribution in [0.3, 0.4) is 0 Å². The minimum Gasteiger partial charge on any atom is -0.343 e. The predicted molar refractivity (Wildman–Crippen MR) is 155 cm³/mol. The molecule has 192 valence electrons. The molecule has 0 radical (unpaired) electrons. The van der Waals surface area contributed by atoms with Crippen LogP contribution in [0.1, 0.15) is 30.5 Å². The van der Waals surface area contributed by atoms with Gasteiger partial charge in [0.05, 0.1) is 16.7 Å². The van der Waals surface area contributed by atoms with Crippen LogP contribution in [0, 0.1) is 19.3 Å². The quantitative estimate of drug-likeness (QED) is 0.208. The van der Waals surface area contributed by atoms with Gasteiger partial charge in [-0.1, -0.05) is 77.9 Å². The largest absolute Gasteiger partial charge is 0.343 e. The van der Waals surface area contributed by atoms with E-state index >= 15 is 0 Å². The Kier molecular flexibility index (Phi) is 6.52. The number of rotatable bonds is 5. The number of aryl methyl sites for hydroxylation is 1. The fourth-order valence-electron chi connectivity index (χ4n) is 5.18. The molecule has 3 aromatic carbocycles. The van der Waals surface area contributed by atoms with Crippen molar-refractivity contribution in [1.29, 1.82) is 0 Å². The van der Waals surface area contributed by atoms with Crippen LogP contribution in [0.5, 0.6) is 0 Å². The van der Waals surface area contributed by atoms with E-state index in [0.29, 0.717) is 28.0 Å². The summed E-state index contributed by atoms with van der Waals surface area (Å²) in [7, 11) is 0. The summed E-state index contributed by atoms with van der Waals surface area (Å²) < 4.78 is 1.46. The molecule has 0 unspecified atom stereocenters. The van der Waals surface area contributed by atoms with Crippen molar-refractivity contribution in [2.24, 2.45) is 10.3 Å². The van der Waals surface area contributed by atoms with E-state index in [2.05, 4.69) is 21.2 Å². The molecular formula is C32H28N6O. The van der Waals surface area contributed by atoms with Crippen LogP contribution in [-0.2, 0) is 0 Å². The van der Waals surface area contributed by atoms with Gasteiger partial charge in [0.25, 0.3) is 5.56 Å². The maximum absolute atomic E-state index is 14.0. The number of piperidine rings is 1. The van der Waals surface area contributed by atoms with Crippen molar-refractivity contribution in [1.82, 2.24) is 19.6 Å². The van der Waals surface area contributed by atoms with Gasteiger partial charge in [-0.2, -0.15) is 9.61 Å². The third-order valence-corrected chi connectivity index (χ3v) is 7.13. The number of nitrogens with one attached hydrogen (secondary N) is 1. The van der Waals surface area contributed by atoms with Crippen molar-refractivity contribution in [3.63, 3.8) is 0 Å². The fourth-order valence-corrected chi connectivity index (χ4v) is 5.18. The number of nitrogens with zero attached hydrogens (tertiary/aromatic N) is 5. The topological polar surface area (TPSA) is 78.1 Å².